The van der Waals surface area contributed by atoms with E-state index in [1.165, 1.54) is 60.5 Å². The van der Waals surface area contributed by atoms with Gasteiger partial charge in [-0.25, -0.2) is 33.5 Å². The minimum atomic E-state index is -5.48. The van der Waals surface area contributed by atoms with Crippen molar-refractivity contribution in [3.63, 3.8) is 0 Å². The van der Waals surface area contributed by atoms with E-state index in [9.17, 15) is 33.5 Å². The largest absolute Gasteiger partial charge is 0.481 e. The number of nitrogen functional groups attached to an aromatic ring is 1. The Balaban J connectivity index is 0.816. The average molecular weight is 1140 g/mol. The molecule has 5 aromatic rings. The van der Waals surface area contributed by atoms with Gasteiger partial charge in [-0.05, 0) is 115 Å². The summed E-state index contributed by atoms with van der Waals surface area (Å²) in [6.45, 7) is 16.3. The van der Waals surface area contributed by atoms with Crippen LogP contribution in [0, 0.1) is 0 Å². The lowest BCUT2D eigenvalue weighted by atomic mass is 9.64. The molecule has 428 valence electrons. The zero-order valence-corrected chi connectivity index (χ0v) is 47.8. The molecule has 1 fully saturated rings. The highest BCUT2D eigenvalue weighted by Gasteiger charge is 2.50. The maximum absolute atomic E-state index is 14.8. The van der Waals surface area contributed by atoms with Crippen molar-refractivity contribution in [3.8, 4) is 0 Å². The first-order valence-corrected chi connectivity index (χ1v) is 30.3. The first-order chi connectivity index (χ1) is 37.9. The van der Waals surface area contributed by atoms with Gasteiger partial charge in [-0.2, -0.15) is 4.31 Å². The molecule has 3 amide bonds. The maximum atomic E-state index is 14.8. The number of carbonyl (C=O) groups excluding carboxylic acids is 3. The van der Waals surface area contributed by atoms with Crippen LogP contribution in [0.5, 0.6) is 0 Å². The number of aliphatic hydroxyl groups is 1. The number of amides is 3. The second-order valence-electron chi connectivity index (χ2n) is 22.6. The van der Waals surface area contributed by atoms with E-state index in [4.69, 9.17) is 29.5 Å². The van der Waals surface area contributed by atoms with Gasteiger partial charge in [0.2, 0.25) is 11.3 Å². The lowest BCUT2D eigenvalue weighted by molar-refractivity contribution is -0.121. The fourth-order valence-electron chi connectivity index (χ4n) is 13.1. The van der Waals surface area contributed by atoms with Crippen LogP contribution in [0.15, 0.2) is 55.1 Å². The Morgan fingerprint density at radius 3 is 2.48 bits per heavy atom. The summed E-state index contributed by atoms with van der Waals surface area (Å²) in [5.74, 6) is -0.144. The van der Waals surface area contributed by atoms with Gasteiger partial charge in [-0.3, -0.25) is 18.7 Å². The van der Waals surface area contributed by atoms with Crippen LogP contribution in [0.1, 0.15) is 135 Å². The summed E-state index contributed by atoms with van der Waals surface area (Å²) in [6.07, 6.45) is 0.755. The molecule has 10 rings (SSSR count). The molecule has 6 heterocycles. The zero-order valence-electron chi connectivity index (χ0n) is 46.0. The number of ether oxygens (including phenoxy) is 2. The van der Waals surface area contributed by atoms with E-state index in [-0.39, 0.29) is 65.8 Å². The monoisotopic (exact) mass is 1140 g/mol. The number of nitrogens with two attached hydrogens (primary N) is 1. The number of nitrogens with one attached hydrogen (secondary N) is 2. The molecule has 1 aliphatic carbocycles. The van der Waals surface area contributed by atoms with Gasteiger partial charge in [0, 0.05) is 85.8 Å². The fourth-order valence-corrected chi connectivity index (χ4v) is 14.7. The standard InChI is InChI=1S/C55H70N10O13P2/c1-8-65-40-26-39-37(25-36(40)31(2)27-54(65,3)4)43(38-24-32-14-11-22-63-23-12-17-35(46(32)63)44(38)55(39,5)6)33-15-9-10-16-34(33)51(68)62(7)21-13-18-42(66)57-19-20-58-53(69)77-48-41(28-75-80(73,74)78-79(70,71)72)76-52(47(48)67)64-30-61-45-49(56)59-29-60-50(45)64/h9-10,15-16,24-26,29-31,41,47-48,52,67H,8,11-14,17-23,27-28H2,1-7H3,(H6-,56,57,58,59,60,66,69,70,71,72,73,74)/p+1/t31?,41-,47-,48-,52-/m1/s1. The van der Waals surface area contributed by atoms with Crippen LogP contribution in [0.25, 0.3) is 16.7 Å². The lowest BCUT2D eigenvalue weighted by Gasteiger charge is -2.48. The van der Waals surface area contributed by atoms with Crippen molar-refractivity contribution in [2.45, 2.75) is 128 Å². The molecular formula is C55H71N10O13P2+. The molecule has 23 nitrogen and oxygen atoms in total. The third kappa shape index (κ3) is 10.9. The fraction of sp³-hybridized carbons (Fsp3) is 0.509. The van der Waals surface area contributed by atoms with Gasteiger partial charge in [0.15, 0.2) is 23.8 Å². The van der Waals surface area contributed by atoms with Crippen molar-refractivity contribution in [3.05, 3.63) is 110 Å². The van der Waals surface area contributed by atoms with Crippen LogP contribution < -0.4 is 36.4 Å². The van der Waals surface area contributed by atoms with Crippen molar-refractivity contribution < 1.29 is 61.6 Å². The predicted molar refractivity (Wildman–Crippen MR) is 296 cm³/mol. The molecule has 2 unspecified atom stereocenters. The number of aryl methyl sites for hydroxylation is 1. The van der Waals surface area contributed by atoms with Crippen molar-refractivity contribution >= 4 is 61.8 Å². The SMILES string of the molecule is CCN1c2cc3c(cc2C(C)CC1(C)C)C(c1ccccc1C(=O)N(C)CCCC(=O)NCCNC(=O)O[C@H]1[C@@H](O)[C@H](n2cnc4c(N)ncnc42)O[C@@H]1COP(=O)(O)OP(=O)(O)O)=c1cc2c4c(c1C3(C)C)CCC[N+]=4CCC2. The molecule has 0 radical (unpaired) electrons. The Bertz CT molecular complexity index is 3530. The van der Waals surface area contributed by atoms with Crippen molar-refractivity contribution in [2.75, 3.05) is 63.6 Å². The van der Waals surface area contributed by atoms with Gasteiger partial charge in [0.25, 0.3) is 5.91 Å². The highest BCUT2D eigenvalue weighted by molar-refractivity contribution is 7.60. The quantitative estimate of drug-likeness (QED) is 0.0393. The Morgan fingerprint density at radius 2 is 1.73 bits per heavy atom. The van der Waals surface area contributed by atoms with E-state index in [0.29, 0.717) is 17.9 Å². The van der Waals surface area contributed by atoms with Crippen LogP contribution in [0.2, 0.25) is 0 Å². The molecule has 3 aromatic carbocycles. The zero-order chi connectivity index (χ0) is 57.2. The number of phosphoric acid groups is 2. The van der Waals surface area contributed by atoms with Gasteiger partial charge in [-0.1, -0.05) is 39.0 Å². The molecule has 0 bridgehead atoms. The third-order valence-corrected chi connectivity index (χ3v) is 18.6. The number of fused-ring (bicyclic) bond motifs is 5. The molecular weight excluding hydrogens is 1070 g/mol. The van der Waals surface area contributed by atoms with Gasteiger partial charge in [-0.15, -0.1) is 0 Å². The summed E-state index contributed by atoms with van der Waals surface area (Å²) in [6, 6.07) is 15.3. The van der Waals surface area contributed by atoms with E-state index < -0.39 is 52.9 Å². The van der Waals surface area contributed by atoms with Gasteiger partial charge in [0.05, 0.1) is 12.9 Å². The number of imidazole rings is 1. The van der Waals surface area contributed by atoms with E-state index in [1.807, 2.05) is 18.2 Å². The number of phosphoric ester groups is 1. The molecule has 4 aliphatic heterocycles. The van der Waals surface area contributed by atoms with Crippen LogP contribution in [0.4, 0.5) is 16.3 Å². The maximum Gasteiger partial charge on any atom is 0.481 e. The van der Waals surface area contributed by atoms with Crippen LogP contribution in [-0.2, 0) is 50.5 Å². The van der Waals surface area contributed by atoms with Crippen molar-refractivity contribution in [1.29, 1.82) is 0 Å². The molecule has 25 heteroatoms. The van der Waals surface area contributed by atoms with Gasteiger partial charge in [0.1, 0.15) is 37.1 Å². The topological polar surface area (TPSA) is 306 Å². The van der Waals surface area contributed by atoms with Gasteiger partial charge >= 0.3 is 21.7 Å². The summed E-state index contributed by atoms with van der Waals surface area (Å²) < 4.78 is 47.4. The van der Waals surface area contributed by atoms with E-state index >= 15 is 0 Å². The second-order valence-corrected chi connectivity index (χ2v) is 25.4. The minimum absolute atomic E-state index is 0.0130. The van der Waals surface area contributed by atoms with Gasteiger partial charge < -0.3 is 55.4 Å². The molecule has 6 atom stereocenters. The Labute approximate surface area is 463 Å². The number of aliphatic hydroxyl groups excluding tert-OH is 1. The second kappa shape index (κ2) is 22.0. The lowest BCUT2D eigenvalue weighted by Crippen LogP contribution is -2.50. The normalized spacial score (nSPS) is 22.4. The Morgan fingerprint density at radius 1 is 0.988 bits per heavy atom. The summed E-state index contributed by atoms with van der Waals surface area (Å²) in [5.41, 5.74) is 17.7. The Kier molecular flexibility index (Phi) is 15.7. The average Bonchev–Trinajstić information content (AvgIpc) is 4.10. The summed E-state index contributed by atoms with van der Waals surface area (Å²) >= 11 is 0. The third-order valence-electron chi connectivity index (χ3n) is 16.4. The number of benzene rings is 3. The molecule has 0 saturated carbocycles. The number of rotatable bonds is 17. The number of aromatic nitrogens is 4. The van der Waals surface area contributed by atoms with Crippen molar-refractivity contribution in [1.82, 2.24) is 39.6 Å². The number of hydrogen-bond acceptors (Lipinski definition) is 15. The predicted octanol–water partition coefficient (Wildman–Crippen LogP) is 4.04. The highest BCUT2D eigenvalue weighted by Crippen LogP contribution is 2.58. The van der Waals surface area contributed by atoms with E-state index in [0.717, 1.165) is 69.2 Å². The van der Waals surface area contributed by atoms with Crippen LogP contribution in [-0.4, -0.2) is 139 Å². The number of nitrogens with zero attached hydrogens (tertiary/aromatic N) is 7. The highest BCUT2D eigenvalue weighted by atomic mass is 31.3. The smallest absolute Gasteiger partial charge is 0.440 e. The Hall–Kier alpha value is -6.13. The molecule has 80 heavy (non-hydrogen) atoms. The van der Waals surface area contributed by atoms with Crippen LogP contribution in [0.3, 0.4) is 0 Å². The number of anilines is 2. The van der Waals surface area contributed by atoms with Crippen molar-refractivity contribution in [2.24, 2.45) is 0 Å². The molecule has 8 N–H and O–H groups in total. The first kappa shape index (κ1) is 57.1. The molecule has 1 saturated heterocycles. The molecule has 0 spiro atoms. The first-order valence-electron chi connectivity index (χ1n) is 27.2. The number of alkyl carbamates (subject to hydrolysis) is 1. The summed E-state index contributed by atoms with van der Waals surface area (Å²) in [5, 5.41) is 19.2. The summed E-state index contributed by atoms with van der Waals surface area (Å²) in [7, 11) is -9.11. The molecule has 2 aromatic heterocycles. The van der Waals surface area contributed by atoms with E-state index in [2.05, 4.69) is 105 Å². The number of carbonyl (C=O) groups is 3. The van der Waals surface area contributed by atoms with E-state index in [1.54, 1.807) is 11.9 Å². The minimum Gasteiger partial charge on any atom is -0.440 e. The molecule has 5 aliphatic rings. The number of hydrogen-bond donors (Lipinski definition) is 7. The summed E-state index contributed by atoms with van der Waals surface area (Å²) in [4.78, 5) is 85.5. The van der Waals surface area contributed by atoms with Crippen LogP contribution >= 0.6 is 15.6 Å².